The number of carboxylic acids is 2. The van der Waals surface area contributed by atoms with Gasteiger partial charge in [0, 0.05) is 13.2 Å². The van der Waals surface area contributed by atoms with Crippen molar-refractivity contribution in [3.05, 3.63) is 12.7 Å². The molecule has 0 atom stereocenters. The van der Waals surface area contributed by atoms with Crippen LogP contribution in [-0.2, 0) is 23.9 Å². The first-order valence-electron chi connectivity index (χ1n) is 3.70. The Morgan fingerprint density at radius 1 is 1.27 bits per heavy atom. The predicted octanol–water partition coefficient (Wildman–Crippen LogP) is -0.482. The second-order valence-electron chi connectivity index (χ2n) is 1.98. The van der Waals surface area contributed by atoms with Gasteiger partial charge in [-0.2, -0.15) is 0 Å². The Balaban J connectivity index is 0. The van der Waals surface area contributed by atoms with E-state index >= 15 is 0 Å². The van der Waals surface area contributed by atoms with Gasteiger partial charge < -0.3 is 19.7 Å². The number of rotatable bonds is 4. The molecule has 0 bridgehead atoms. The van der Waals surface area contributed by atoms with Gasteiger partial charge in [-0.3, -0.25) is 0 Å². The molecule has 0 saturated heterocycles. The van der Waals surface area contributed by atoms with E-state index in [1.54, 1.807) is 0 Å². The molecule has 7 nitrogen and oxygen atoms in total. The fourth-order valence-corrected chi connectivity index (χ4v) is 0.279. The second kappa shape index (κ2) is 10.2. The molecule has 0 aromatic carbocycles. The van der Waals surface area contributed by atoms with Crippen molar-refractivity contribution in [2.24, 2.45) is 0 Å². The third-order valence-corrected chi connectivity index (χ3v) is 0.870. The Morgan fingerprint density at radius 3 is 2.00 bits per heavy atom. The summed E-state index contributed by atoms with van der Waals surface area (Å²) in [5, 5.41) is 15.6. The summed E-state index contributed by atoms with van der Waals surface area (Å²) in [6.07, 6.45) is 0.833. The highest BCUT2D eigenvalue weighted by Crippen LogP contribution is 1.78. The summed E-state index contributed by atoms with van der Waals surface area (Å²) in [5.74, 6) is -3.82. The van der Waals surface area contributed by atoms with Gasteiger partial charge in [0.25, 0.3) is 0 Å². The maximum absolute atomic E-state index is 10.1. The first-order chi connectivity index (χ1) is 6.95. The predicted molar refractivity (Wildman–Crippen MR) is 48.3 cm³/mol. The molecule has 7 heteroatoms. The quantitative estimate of drug-likeness (QED) is 0.285. The minimum atomic E-state index is -1.59. The first-order valence-corrected chi connectivity index (χ1v) is 3.70. The Bertz CT molecular complexity index is 233. The molecule has 86 valence electrons. The van der Waals surface area contributed by atoms with Crippen LogP contribution in [0.1, 0.15) is 0 Å². The van der Waals surface area contributed by atoms with E-state index in [9.17, 15) is 14.4 Å². The Kier molecular flexibility index (Phi) is 10.6. The summed E-state index contributed by atoms with van der Waals surface area (Å²) in [7, 11) is 1.43. The summed E-state index contributed by atoms with van der Waals surface area (Å²) >= 11 is 0. The smallest absolute Gasteiger partial charge is 0.417 e. The van der Waals surface area contributed by atoms with Crippen LogP contribution in [0.2, 0.25) is 0 Å². The fourth-order valence-electron chi connectivity index (χ4n) is 0.279. The highest BCUT2D eigenvalue weighted by Gasteiger charge is 2.11. The van der Waals surface area contributed by atoms with Crippen molar-refractivity contribution in [3.8, 4) is 0 Å². The minimum Gasteiger partial charge on any atom is -0.478 e. The average Bonchev–Trinajstić information content (AvgIpc) is 2.18. The van der Waals surface area contributed by atoms with E-state index in [4.69, 9.17) is 10.2 Å². The lowest BCUT2D eigenvalue weighted by molar-refractivity contribution is -0.164. The van der Waals surface area contributed by atoms with Crippen molar-refractivity contribution in [2.75, 3.05) is 20.3 Å². The van der Waals surface area contributed by atoms with Crippen LogP contribution in [0.4, 0.5) is 0 Å². The van der Waals surface area contributed by atoms with Gasteiger partial charge in [0.1, 0.15) is 6.61 Å². The van der Waals surface area contributed by atoms with E-state index < -0.39 is 17.9 Å². The van der Waals surface area contributed by atoms with Crippen molar-refractivity contribution in [1.29, 1.82) is 0 Å². The normalized spacial score (nSPS) is 8.07. The summed E-state index contributed by atoms with van der Waals surface area (Å²) in [6.45, 7) is 3.14. The van der Waals surface area contributed by atoms with Crippen LogP contribution in [0.5, 0.6) is 0 Å². The SMILES string of the molecule is C=CC(=O)O.COCCOC(=O)C(=O)O. The van der Waals surface area contributed by atoms with Crippen molar-refractivity contribution in [3.63, 3.8) is 0 Å². The zero-order valence-electron chi connectivity index (χ0n) is 8.13. The summed E-state index contributed by atoms with van der Waals surface area (Å²) in [6, 6.07) is 0. The van der Waals surface area contributed by atoms with Crippen LogP contribution in [0.3, 0.4) is 0 Å². The van der Waals surface area contributed by atoms with Gasteiger partial charge in [0.05, 0.1) is 6.61 Å². The monoisotopic (exact) mass is 220 g/mol. The second-order valence-corrected chi connectivity index (χ2v) is 1.98. The molecular weight excluding hydrogens is 208 g/mol. The fraction of sp³-hybridized carbons (Fsp3) is 0.375. The van der Waals surface area contributed by atoms with Crippen LogP contribution in [-0.4, -0.2) is 48.4 Å². The maximum atomic E-state index is 10.1. The third-order valence-electron chi connectivity index (χ3n) is 0.870. The molecule has 15 heavy (non-hydrogen) atoms. The standard InChI is InChI=1S/C5H8O5.C3H4O2/c1-9-2-3-10-5(8)4(6)7;1-2-3(4)5/h2-3H2,1H3,(H,6,7);2H,1H2,(H,4,5). The molecule has 0 spiro atoms. The van der Waals surface area contributed by atoms with Crippen LogP contribution < -0.4 is 0 Å². The van der Waals surface area contributed by atoms with Crippen LogP contribution >= 0.6 is 0 Å². The molecule has 0 fully saturated rings. The van der Waals surface area contributed by atoms with E-state index in [2.05, 4.69) is 16.1 Å². The summed E-state index contributed by atoms with van der Waals surface area (Å²) in [4.78, 5) is 29.2. The Morgan fingerprint density at radius 2 is 1.73 bits per heavy atom. The summed E-state index contributed by atoms with van der Waals surface area (Å²) < 4.78 is 8.68. The van der Waals surface area contributed by atoms with E-state index in [1.807, 2.05) is 0 Å². The number of hydrogen-bond acceptors (Lipinski definition) is 5. The van der Waals surface area contributed by atoms with Crippen molar-refractivity contribution in [2.45, 2.75) is 0 Å². The topological polar surface area (TPSA) is 110 Å². The van der Waals surface area contributed by atoms with Crippen molar-refractivity contribution in [1.82, 2.24) is 0 Å². The van der Waals surface area contributed by atoms with Crippen LogP contribution in [0.15, 0.2) is 12.7 Å². The van der Waals surface area contributed by atoms with Crippen molar-refractivity contribution < 1.29 is 34.1 Å². The molecule has 0 radical (unpaired) electrons. The van der Waals surface area contributed by atoms with Crippen LogP contribution in [0.25, 0.3) is 0 Å². The summed E-state index contributed by atoms with van der Waals surface area (Å²) in [5.41, 5.74) is 0. The Hall–Kier alpha value is -1.89. The van der Waals surface area contributed by atoms with E-state index in [0.29, 0.717) is 0 Å². The maximum Gasteiger partial charge on any atom is 0.417 e. The number of ether oxygens (including phenoxy) is 2. The zero-order valence-corrected chi connectivity index (χ0v) is 8.13. The average molecular weight is 220 g/mol. The molecule has 0 aliphatic heterocycles. The highest BCUT2D eigenvalue weighted by molar-refractivity contribution is 6.28. The lowest BCUT2D eigenvalue weighted by atomic mass is 10.7. The number of methoxy groups -OCH3 is 1. The number of carbonyl (C=O) groups is 3. The van der Waals surface area contributed by atoms with Crippen LogP contribution in [0, 0.1) is 0 Å². The first kappa shape index (κ1) is 15.6. The van der Waals surface area contributed by atoms with Crippen molar-refractivity contribution >= 4 is 17.9 Å². The number of aliphatic carboxylic acids is 2. The van der Waals surface area contributed by atoms with Gasteiger partial charge in [-0.05, 0) is 0 Å². The van der Waals surface area contributed by atoms with Gasteiger partial charge in [0.2, 0.25) is 0 Å². The number of carbonyl (C=O) groups excluding carboxylic acids is 1. The molecule has 2 N–H and O–H groups in total. The molecule has 0 amide bonds. The third kappa shape index (κ3) is 14.9. The van der Waals surface area contributed by atoms with Gasteiger partial charge in [-0.1, -0.05) is 6.58 Å². The molecule has 0 unspecified atom stereocenters. The van der Waals surface area contributed by atoms with Gasteiger partial charge in [-0.15, -0.1) is 0 Å². The molecule has 0 saturated carbocycles. The molecular formula is C8H12O7. The lowest BCUT2D eigenvalue weighted by Gasteiger charge is -1.98. The largest absolute Gasteiger partial charge is 0.478 e. The molecule has 0 aliphatic rings. The molecule has 0 heterocycles. The van der Waals surface area contributed by atoms with Gasteiger partial charge in [-0.25, -0.2) is 14.4 Å². The van der Waals surface area contributed by atoms with E-state index in [1.165, 1.54) is 7.11 Å². The Labute approximate surface area is 85.9 Å². The highest BCUT2D eigenvalue weighted by atomic mass is 16.6. The lowest BCUT2D eigenvalue weighted by Crippen LogP contribution is -2.18. The molecule has 0 aliphatic carbocycles. The zero-order chi connectivity index (χ0) is 12.3. The number of hydrogen-bond donors (Lipinski definition) is 2. The van der Waals surface area contributed by atoms with Gasteiger partial charge >= 0.3 is 17.9 Å². The van der Waals surface area contributed by atoms with E-state index in [-0.39, 0.29) is 13.2 Å². The molecule has 0 rings (SSSR count). The minimum absolute atomic E-state index is 0.0262. The van der Waals surface area contributed by atoms with Gasteiger partial charge in [0.15, 0.2) is 0 Å². The number of esters is 1. The molecule has 0 aromatic rings. The number of carboxylic acid groups (broad SMARTS) is 2. The van der Waals surface area contributed by atoms with E-state index in [0.717, 1.165) is 6.08 Å². The molecule has 0 aromatic heterocycles.